The van der Waals surface area contributed by atoms with E-state index in [1.165, 1.54) is 5.56 Å². The van der Waals surface area contributed by atoms with Crippen LogP contribution in [0.1, 0.15) is 5.56 Å². The summed E-state index contributed by atoms with van der Waals surface area (Å²) in [6.45, 7) is 0.746. The second kappa shape index (κ2) is 4.81. The van der Waals surface area contributed by atoms with Crippen LogP contribution >= 0.6 is 0 Å². The fourth-order valence-electron chi connectivity index (χ4n) is 1.56. The molecule has 0 amide bonds. The molecule has 0 radical (unpaired) electrons. The summed E-state index contributed by atoms with van der Waals surface area (Å²) in [4.78, 5) is 0. The lowest BCUT2D eigenvalue weighted by atomic mass is 10.1. The van der Waals surface area contributed by atoms with Gasteiger partial charge in [-0.25, -0.2) is 0 Å². The maximum atomic E-state index is 5.55. The number of hydrogen-bond acceptors (Lipinski definition) is 3. The molecule has 0 aliphatic heterocycles. The van der Waals surface area contributed by atoms with Crippen molar-refractivity contribution in [3.8, 4) is 11.3 Å². The molecule has 0 saturated heterocycles. The van der Waals surface area contributed by atoms with Gasteiger partial charge in [-0.05, 0) is 17.5 Å². The van der Waals surface area contributed by atoms with Gasteiger partial charge in [-0.2, -0.15) is 5.10 Å². The van der Waals surface area contributed by atoms with E-state index < -0.39 is 0 Å². The highest BCUT2D eigenvalue weighted by Gasteiger charge is 2.01. The molecule has 2 rings (SSSR count). The molecule has 0 aliphatic rings. The number of nitrogens with zero attached hydrogens (tertiary/aromatic N) is 1. The van der Waals surface area contributed by atoms with Crippen LogP contribution in [0.4, 0.5) is 5.82 Å². The number of H-pyrrole nitrogens is 1. The molecule has 1 aromatic carbocycles. The van der Waals surface area contributed by atoms with Crippen molar-refractivity contribution in [2.24, 2.45) is 0 Å². The Labute approximate surface area is 94.4 Å². The number of hydrogen-bond donors (Lipinski definition) is 2. The summed E-state index contributed by atoms with van der Waals surface area (Å²) in [5, 5.41) is 6.78. The van der Waals surface area contributed by atoms with E-state index in [9.17, 15) is 0 Å². The van der Waals surface area contributed by atoms with E-state index in [1.54, 1.807) is 7.11 Å². The van der Waals surface area contributed by atoms with E-state index in [1.807, 2.05) is 6.07 Å². The Bertz CT molecular complexity index is 448. The minimum absolute atomic E-state index is 0.512. The van der Waals surface area contributed by atoms with E-state index in [0.717, 1.165) is 24.3 Å². The van der Waals surface area contributed by atoms with Crippen molar-refractivity contribution in [1.29, 1.82) is 0 Å². The van der Waals surface area contributed by atoms with E-state index in [4.69, 9.17) is 10.5 Å². The summed E-state index contributed by atoms with van der Waals surface area (Å²) in [5.41, 5.74) is 8.84. The van der Waals surface area contributed by atoms with Gasteiger partial charge in [0.05, 0.1) is 12.3 Å². The van der Waals surface area contributed by atoms with Crippen LogP contribution in [0.2, 0.25) is 0 Å². The number of aromatic nitrogens is 2. The first-order valence-corrected chi connectivity index (χ1v) is 5.19. The zero-order valence-electron chi connectivity index (χ0n) is 9.23. The maximum Gasteiger partial charge on any atom is 0.145 e. The third-order valence-electron chi connectivity index (χ3n) is 2.46. The molecule has 0 atom stereocenters. The molecule has 0 bridgehead atoms. The zero-order chi connectivity index (χ0) is 11.4. The van der Waals surface area contributed by atoms with Crippen LogP contribution in [-0.4, -0.2) is 23.9 Å². The second-order valence-corrected chi connectivity index (χ2v) is 3.65. The maximum absolute atomic E-state index is 5.55. The monoisotopic (exact) mass is 217 g/mol. The van der Waals surface area contributed by atoms with Gasteiger partial charge in [-0.3, -0.25) is 5.10 Å². The summed E-state index contributed by atoms with van der Waals surface area (Å²) < 4.78 is 5.03. The fraction of sp³-hybridized carbons (Fsp3) is 0.250. The van der Waals surface area contributed by atoms with Gasteiger partial charge < -0.3 is 10.5 Å². The highest BCUT2D eigenvalue weighted by atomic mass is 16.5. The molecular weight excluding hydrogens is 202 g/mol. The second-order valence-electron chi connectivity index (χ2n) is 3.65. The predicted octanol–water partition coefficient (Wildman–Crippen LogP) is 1.85. The molecule has 84 valence electrons. The van der Waals surface area contributed by atoms with Gasteiger partial charge >= 0.3 is 0 Å². The normalized spacial score (nSPS) is 10.6. The van der Waals surface area contributed by atoms with Crippen LogP contribution in [0.25, 0.3) is 11.3 Å². The van der Waals surface area contributed by atoms with Gasteiger partial charge in [-0.1, -0.05) is 24.3 Å². The van der Waals surface area contributed by atoms with Crippen LogP contribution in [0.15, 0.2) is 30.3 Å². The molecular formula is C12H15N3O. The Kier molecular flexibility index (Phi) is 3.22. The quantitative estimate of drug-likeness (QED) is 0.821. The number of nitrogens with one attached hydrogen (secondary N) is 1. The Morgan fingerprint density at radius 1 is 1.31 bits per heavy atom. The van der Waals surface area contributed by atoms with Crippen molar-refractivity contribution in [2.75, 3.05) is 19.5 Å². The van der Waals surface area contributed by atoms with Gasteiger partial charge in [0.25, 0.3) is 0 Å². The van der Waals surface area contributed by atoms with Crippen molar-refractivity contribution < 1.29 is 4.74 Å². The SMILES string of the molecule is COCCc1ccc(-c2cc(N)n[nH]2)cc1. The van der Waals surface area contributed by atoms with E-state index in [2.05, 4.69) is 34.5 Å². The number of methoxy groups -OCH3 is 1. The summed E-state index contributed by atoms with van der Waals surface area (Å²) in [6.07, 6.45) is 0.932. The van der Waals surface area contributed by atoms with Gasteiger partial charge in [0, 0.05) is 13.2 Å². The Morgan fingerprint density at radius 2 is 2.06 bits per heavy atom. The van der Waals surface area contributed by atoms with Gasteiger partial charge in [-0.15, -0.1) is 0 Å². The van der Waals surface area contributed by atoms with Crippen molar-refractivity contribution in [3.63, 3.8) is 0 Å². The molecule has 4 heteroatoms. The van der Waals surface area contributed by atoms with Crippen molar-refractivity contribution in [1.82, 2.24) is 10.2 Å². The van der Waals surface area contributed by atoms with Crippen LogP contribution in [0, 0.1) is 0 Å². The lowest BCUT2D eigenvalue weighted by Crippen LogP contribution is -1.93. The summed E-state index contributed by atoms with van der Waals surface area (Å²) in [7, 11) is 1.71. The number of nitrogen functional groups attached to an aromatic ring is 1. The lowest BCUT2D eigenvalue weighted by molar-refractivity contribution is 0.202. The van der Waals surface area contributed by atoms with Crippen molar-refractivity contribution >= 4 is 5.82 Å². The highest BCUT2D eigenvalue weighted by molar-refractivity contribution is 5.62. The summed E-state index contributed by atoms with van der Waals surface area (Å²) >= 11 is 0. The summed E-state index contributed by atoms with van der Waals surface area (Å²) in [5.74, 6) is 0.512. The largest absolute Gasteiger partial charge is 0.384 e. The summed E-state index contributed by atoms with van der Waals surface area (Å²) in [6, 6.07) is 10.1. The third-order valence-corrected chi connectivity index (χ3v) is 2.46. The molecule has 0 aliphatic carbocycles. The van der Waals surface area contributed by atoms with Crippen LogP contribution in [0.5, 0.6) is 0 Å². The van der Waals surface area contributed by atoms with E-state index >= 15 is 0 Å². The first kappa shape index (κ1) is 10.7. The standard InChI is InChI=1S/C12H15N3O/c1-16-7-6-9-2-4-10(5-3-9)11-8-12(13)15-14-11/h2-5,8H,6-7H2,1H3,(H3,13,14,15). The average Bonchev–Trinajstić information content (AvgIpc) is 2.74. The minimum atomic E-state index is 0.512. The lowest BCUT2D eigenvalue weighted by Gasteiger charge is -2.02. The Morgan fingerprint density at radius 3 is 2.62 bits per heavy atom. The molecule has 0 spiro atoms. The number of aromatic amines is 1. The number of benzene rings is 1. The van der Waals surface area contributed by atoms with Crippen LogP contribution in [-0.2, 0) is 11.2 Å². The number of rotatable bonds is 4. The van der Waals surface area contributed by atoms with Gasteiger partial charge in [0.15, 0.2) is 0 Å². The Balaban J connectivity index is 2.13. The molecule has 0 unspecified atom stereocenters. The first-order chi connectivity index (χ1) is 7.79. The predicted molar refractivity (Wildman–Crippen MR) is 64.0 cm³/mol. The fourth-order valence-corrected chi connectivity index (χ4v) is 1.56. The molecule has 1 aromatic heterocycles. The third kappa shape index (κ3) is 2.41. The molecule has 1 heterocycles. The molecule has 3 N–H and O–H groups in total. The van der Waals surface area contributed by atoms with Crippen molar-refractivity contribution in [2.45, 2.75) is 6.42 Å². The number of ether oxygens (including phenoxy) is 1. The molecule has 2 aromatic rings. The molecule has 0 fully saturated rings. The smallest absolute Gasteiger partial charge is 0.145 e. The van der Waals surface area contributed by atoms with Gasteiger partial charge in [0.2, 0.25) is 0 Å². The molecule has 16 heavy (non-hydrogen) atoms. The average molecular weight is 217 g/mol. The van der Waals surface area contributed by atoms with Crippen LogP contribution in [0.3, 0.4) is 0 Å². The number of nitrogens with two attached hydrogens (primary N) is 1. The first-order valence-electron chi connectivity index (χ1n) is 5.19. The minimum Gasteiger partial charge on any atom is -0.384 e. The molecule has 4 nitrogen and oxygen atoms in total. The highest BCUT2D eigenvalue weighted by Crippen LogP contribution is 2.19. The van der Waals surface area contributed by atoms with E-state index in [0.29, 0.717) is 5.82 Å². The molecule has 0 saturated carbocycles. The van der Waals surface area contributed by atoms with Crippen LogP contribution < -0.4 is 5.73 Å². The van der Waals surface area contributed by atoms with Gasteiger partial charge in [0.1, 0.15) is 5.82 Å². The Hall–Kier alpha value is -1.81. The topological polar surface area (TPSA) is 63.9 Å². The number of anilines is 1. The zero-order valence-corrected chi connectivity index (χ0v) is 9.23. The van der Waals surface area contributed by atoms with Crippen molar-refractivity contribution in [3.05, 3.63) is 35.9 Å². The van der Waals surface area contributed by atoms with E-state index in [-0.39, 0.29) is 0 Å².